The summed E-state index contributed by atoms with van der Waals surface area (Å²) in [5, 5.41) is 10.9. The number of carbonyl (C=O) groups excluding carboxylic acids is 1. The highest BCUT2D eigenvalue weighted by molar-refractivity contribution is 8.01. The van der Waals surface area contributed by atoms with Gasteiger partial charge in [0.15, 0.2) is 4.34 Å². The van der Waals surface area contributed by atoms with E-state index in [1.54, 1.807) is 19.2 Å². The van der Waals surface area contributed by atoms with Crippen molar-refractivity contribution in [2.24, 2.45) is 0 Å². The largest absolute Gasteiger partial charge is 0.462 e. The zero-order chi connectivity index (χ0) is 17.1. The van der Waals surface area contributed by atoms with Gasteiger partial charge in [-0.05, 0) is 25.1 Å². The van der Waals surface area contributed by atoms with E-state index < -0.39 is 10.9 Å². The Morgan fingerprint density at radius 2 is 2.25 bits per heavy atom. The molecule has 2 aromatic heterocycles. The lowest BCUT2D eigenvalue weighted by molar-refractivity contribution is -0.384. The van der Waals surface area contributed by atoms with Crippen LogP contribution >= 0.6 is 23.1 Å². The lowest BCUT2D eigenvalue weighted by atomic mass is 10.2. The van der Waals surface area contributed by atoms with Gasteiger partial charge in [0.1, 0.15) is 10.3 Å². The van der Waals surface area contributed by atoms with Gasteiger partial charge >= 0.3 is 5.97 Å². The van der Waals surface area contributed by atoms with Crippen molar-refractivity contribution in [2.75, 3.05) is 6.61 Å². The van der Waals surface area contributed by atoms with Crippen LogP contribution in [0.3, 0.4) is 0 Å². The molecule has 24 heavy (non-hydrogen) atoms. The van der Waals surface area contributed by atoms with Gasteiger partial charge in [0.05, 0.1) is 17.1 Å². The summed E-state index contributed by atoms with van der Waals surface area (Å²) in [5.41, 5.74) is 0.765. The van der Waals surface area contributed by atoms with Gasteiger partial charge in [0.25, 0.3) is 5.69 Å². The predicted molar refractivity (Wildman–Crippen MR) is 90.6 cm³/mol. The summed E-state index contributed by atoms with van der Waals surface area (Å²) in [5.74, 6) is -0.595. The van der Waals surface area contributed by atoms with E-state index in [1.807, 2.05) is 6.07 Å². The number of nitro groups is 1. The first kappa shape index (κ1) is 16.3. The number of aromatic nitrogens is 2. The van der Waals surface area contributed by atoms with Gasteiger partial charge in [-0.1, -0.05) is 23.1 Å². The molecule has 3 aromatic rings. The van der Waals surface area contributed by atoms with Crippen molar-refractivity contribution < 1.29 is 14.5 Å². The Hall–Kier alpha value is -2.52. The van der Waals surface area contributed by atoms with E-state index in [1.165, 1.54) is 41.3 Å². The number of hydrogen-bond acceptors (Lipinski definition) is 8. The lowest BCUT2D eigenvalue weighted by Gasteiger charge is -2.07. The number of carbonyl (C=O) groups is 1. The molecule has 2 heterocycles. The van der Waals surface area contributed by atoms with E-state index in [0.717, 1.165) is 10.3 Å². The number of thiazole rings is 1. The summed E-state index contributed by atoms with van der Waals surface area (Å²) in [6, 6.07) is 7.77. The Bertz CT molecular complexity index is 893. The number of rotatable bonds is 5. The number of hydrogen-bond donors (Lipinski definition) is 0. The van der Waals surface area contributed by atoms with Crippen LogP contribution in [0.4, 0.5) is 5.69 Å². The molecule has 0 aliphatic heterocycles. The molecule has 0 fully saturated rings. The molecule has 0 amide bonds. The van der Waals surface area contributed by atoms with E-state index in [4.69, 9.17) is 4.74 Å². The number of fused-ring (bicyclic) bond motifs is 1. The second kappa shape index (κ2) is 6.93. The summed E-state index contributed by atoms with van der Waals surface area (Å²) in [6.45, 7) is 1.87. The first-order valence-corrected chi connectivity index (χ1v) is 8.56. The van der Waals surface area contributed by atoms with Crippen molar-refractivity contribution >= 4 is 45.1 Å². The highest BCUT2D eigenvalue weighted by atomic mass is 32.2. The van der Waals surface area contributed by atoms with Gasteiger partial charge in [-0.2, -0.15) is 0 Å². The van der Waals surface area contributed by atoms with Crippen molar-refractivity contribution in [1.82, 2.24) is 9.97 Å². The molecule has 7 nitrogen and oxygen atoms in total. The predicted octanol–water partition coefficient (Wildman–Crippen LogP) is 3.93. The Kier molecular flexibility index (Phi) is 4.72. The van der Waals surface area contributed by atoms with E-state index in [9.17, 15) is 14.9 Å². The molecule has 0 radical (unpaired) electrons. The Morgan fingerprint density at radius 1 is 1.42 bits per heavy atom. The maximum atomic E-state index is 12.1. The van der Waals surface area contributed by atoms with E-state index in [2.05, 4.69) is 9.97 Å². The number of nitro benzene ring substituents is 1. The maximum absolute atomic E-state index is 12.1. The second-order valence-corrected chi connectivity index (χ2v) is 6.83. The van der Waals surface area contributed by atoms with E-state index >= 15 is 0 Å². The minimum Gasteiger partial charge on any atom is -0.462 e. The molecule has 0 N–H and O–H groups in total. The molecule has 1 aromatic carbocycles. The van der Waals surface area contributed by atoms with Crippen LogP contribution in [0, 0.1) is 10.1 Å². The number of benzene rings is 1. The fourth-order valence-corrected chi connectivity index (χ4v) is 4.01. The van der Waals surface area contributed by atoms with Crippen LogP contribution in [0.5, 0.6) is 0 Å². The third-order valence-electron chi connectivity index (χ3n) is 3.01. The number of nitrogens with zero attached hydrogens (tertiary/aromatic N) is 3. The normalized spacial score (nSPS) is 10.7. The van der Waals surface area contributed by atoms with E-state index in [0.29, 0.717) is 9.24 Å². The minimum absolute atomic E-state index is 0.156. The van der Waals surface area contributed by atoms with Crippen molar-refractivity contribution in [3.05, 3.63) is 52.2 Å². The van der Waals surface area contributed by atoms with Crippen LogP contribution in [0.25, 0.3) is 10.3 Å². The summed E-state index contributed by atoms with van der Waals surface area (Å²) in [7, 11) is 0. The van der Waals surface area contributed by atoms with Crippen molar-refractivity contribution in [3.8, 4) is 0 Å². The number of ether oxygens (including phenoxy) is 1. The number of non-ortho nitro benzene ring substituents is 1. The molecule has 0 saturated heterocycles. The molecule has 0 saturated carbocycles. The Balaban J connectivity index is 1.99. The van der Waals surface area contributed by atoms with Gasteiger partial charge in [0.2, 0.25) is 0 Å². The van der Waals surface area contributed by atoms with Crippen LogP contribution in [-0.2, 0) is 4.74 Å². The van der Waals surface area contributed by atoms with Crippen molar-refractivity contribution in [1.29, 1.82) is 0 Å². The van der Waals surface area contributed by atoms with Gasteiger partial charge in [-0.3, -0.25) is 10.1 Å². The van der Waals surface area contributed by atoms with Gasteiger partial charge in [-0.25, -0.2) is 14.8 Å². The quantitative estimate of drug-likeness (QED) is 0.386. The highest BCUT2D eigenvalue weighted by Crippen LogP contribution is 2.36. The van der Waals surface area contributed by atoms with Crippen molar-refractivity contribution in [3.63, 3.8) is 0 Å². The molecule has 0 unspecified atom stereocenters. The van der Waals surface area contributed by atoms with Crippen LogP contribution in [0.15, 0.2) is 45.8 Å². The molecule has 0 bridgehead atoms. The average Bonchev–Trinajstić information content (AvgIpc) is 2.97. The molecule has 0 atom stereocenters. The van der Waals surface area contributed by atoms with Crippen LogP contribution in [-0.4, -0.2) is 27.5 Å². The average molecular weight is 361 g/mol. The number of esters is 1. The van der Waals surface area contributed by atoms with Gasteiger partial charge < -0.3 is 4.74 Å². The van der Waals surface area contributed by atoms with E-state index in [-0.39, 0.29) is 17.9 Å². The second-order valence-electron chi connectivity index (χ2n) is 4.57. The topological polar surface area (TPSA) is 95.2 Å². The fourth-order valence-electron chi connectivity index (χ4n) is 1.98. The zero-order valence-corrected chi connectivity index (χ0v) is 14.1. The van der Waals surface area contributed by atoms with Crippen molar-refractivity contribution in [2.45, 2.75) is 16.2 Å². The molecule has 122 valence electrons. The smallest absolute Gasteiger partial charge is 0.339 e. The zero-order valence-electron chi connectivity index (χ0n) is 12.5. The molecular weight excluding hydrogens is 350 g/mol. The maximum Gasteiger partial charge on any atom is 0.339 e. The minimum atomic E-state index is -0.595. The molecule has 3 rings (SSSR count). The van der Waals surface area contributed by atoms with Crippen LogP contribution in [0.1, 0.15) is 17.3 Å². The summed E-state index contributed by atoms with van der Waals surface area (Å²) >= 11 is 2.65. The SMILES string of the molecule is CCOC(=O)c1cc([N+](=O)[O-])ccc1Sc1nc2cccnc2s1. The molecular formula is C15H11N3O4S2. The third kappa shape index (κ3) is 3.36. The van der Waals surface area contributed by atoms with Crippen LogP contribution < -0.4 is 0 Å². The van der Waals surface area contributed by atoms with Crippen LogP contribution in [0.2, 0.25) is 0 Å². The van der Waals surface area contributed by atoms with Gasteiger partial charge in [-0.15, -0.1) is 0 Å². The molecule has 9 heteroatoms. The number of pyridine rings is 1. The summed E-state index contributed by atoms with van der Waals surface area (Å²) in [4.78, 5) is 32.5. The van der Waals surface area contributed by atoms with Gasteiger partial charge in [0, 0.05) is 23.2 Å². The Morgan fingerprint density at radius 3 is 2.96 bits per heavy atom. The molecule has 0 aliphatic carbocycles. The standard InChI is InChI=1S/C15H11N3O4S2/c1-2-22-14(19)10-8-9(18(20)21)5-6-12(10)23-15-17-11-4-3-7-16-13(11)24-15/h3-8H,2H2,1H3. The first-order chi connectivity index (χ1) is 11.6. The Labute approximate surface area is 144 Å². The summed E-state index contributed by atoms with van der Waals surface area (Å²) in [6.07, 6.45) is 1.69. The first-order valence-electron chi connectivity index (χ1n) is 6.93. The fraction of sp³-hybridized carbons (Fsp3) is 0.133. The third-order valence-corrected chi connectivity index (χ3v) is 5.13. The molecule has 0 spiro atoms. The highest BCUT2D eigenvalue weighted by Gasteiger charge is 2.19. The lowest BCUT2D eigenvalue weighted by Crippen LogP contribution is -2.07. The molecule has 0 aliphatic rings. The summed E-state index contributed by atoms with van der Waals surface area (Å²) < 4.78 is 5.69. The monoisotopic (exact) mass is 361 g/mol.